The number of ether oxygens (including phenoxy) is 3. The summed E-state index contributed by atoms with van der Waals surface area (Å²) >= 11 is 0. The Balaban J connectivity index is 2.05. The Labute approximate surface area is 137 Å². The van der Waals surface area contributed by atoms with Crippen molar-refractivity contribution in [3.63, 3.8) is 0 Å². The van der Waals surface area contributed by atoms with Gasteiger partial charge in [0.05, 0.1) is 7.11 Å². The van der Waals surface area contributed by atoms with Gasteiger partial charge in [-0.1, -0.05) is 18.2 Å². The third-order valence-electron chi connectivity index (χ3n) is 3.75. The van der Waals surface area contributed by atoms with Gasteiger partial charge in [-0.3, -0.25) is 0 Å². The van der Waals surface area contributed by atoms with Crippen molar-refractivity contribution in [1.29, 1.82) is 0 Å². The van der Waals surface area contributed by atoms with Crippen LogP contribution in [0.4, 0.5) is 0 Å². The maximum Gasteiger partial charge on any atom is 0.349 e. The van der Waals surface area contributed by atoms with E-state index in [0.29, 0.717) is 17.2 Å². The van der Waals surface area contributed by atoms with E-state index in [-0.39, 0.29) is 6.61 Å². The Morgan fingerprint density at radius 1 is 0.957 bits per heavy atom. The molecule has 0 heterocycles. The summed E-state index contributed by atoms with van der Waals surface area (Å²) < 4.78 is 16.3. The lowest BCUT2D eigenvalue weighted by Gasteiger charge is -2.14. The quantitative estimate of drug-likeness (QED) is 0.620. The average molecular weight is 314 g/mol. The molecule has 0 unspecified atom stereocenters. The van der Waals surface area contributed by atoms with E-state index < -0.39 is 5.97 Å². The molecule has 0 atom stereocenters. The molecule has 0 aliphatic heterocycles. The Morgan fingerprint density at radius 2 is 1.65 bits per heavy atom. The minimum absolute atomic E-state index is 0.174. The Bertz CT molecular complexity index is 720. The first-order valence-corrected chi connectivity index (χ1v) is 7.47. The number of benzene rings is 2. The molecule has 0 bridgehead atoms. The summed E-state index contributed by atoms with van der Waals surface area (Å²) in [7, 11) is 1.57. The molecule has 2 aromatic carbocycles. The molecule has 0 aromatic heterocycles. The Kier molecular flexibility index (Phi) is 5.27. The zero-order valence-electron chi connectivity index (χ0n) is 14.2. The molecule has 0 saturated carbocycles. The standard InChI is InChI=1S/C19H22O4/c1-12-6-9-16(17(10-12)21-5)22-11-18(20)23-19-14(3)8-7-13(2)15(19)4/h6-10H,11H2,1-5H3. The zero-order valence-corrected chi connectivity index (χ0v) is 14.2. The fourth-order valence-corrected chi connectivity index (χ4v) is 2.26. The van der Waals surface area contributed by atoms with E-state index in [0.717, 1.165) is 22.3 Å². The molecule has 23 heavy (non-hydrogen) atoms. The molecule has 0 saturated heterocycles. The molecule has 2 rings (SSSR count). The SMILES string of the molecule is COc1cc(C)ccc1OCC(=O)Oc1c(C)ccc(C)c1C. The summed E-state index contributed by atoms with van der Waals surface area (Å²) in [4.78, 5) is 12.1. The summed E-state index contributed by atoms with van der Waals surface area (Å²) in [6.45, 7) is 7.63. The van der Waals surface area contributed by atoms with Crippen molar-refractivity contribution in [3.05, 3.63) is 52.6 Å². The maximum absolute atomic E-state index is 12.1. The fraction of sp³-hybridized carbons (Fsp3) is 0.316. The minimum Gasteiger partial charge on any atom is -0.493 e. The van der Waals surface area contributed by atoms with Gasteiger partial charge < -0.3 is 14.2 Å². The number of carbonyl (C=O) groups excluding carboxylic acids is 1. The first-order valence-electron chi connectivity index (χ1n) is 7.47. The smallest absolute Gasteiger partial charge is 0.349 e. The van der Waals surface area contributed by atoms with Gasteiger partial charge >= 0.3 is 5.97 Å². The van der Waals surface area contributed by atoms with Crippen LogP contribution in [0.5, 0.6) is 17.2 Å². The normalized spacial score (nSPS) is 10.3. The molecule has 0 aliphatic rings. The maximum atomic E-state index is 12.1. The third kappa shape index (κ3) is 4.03. The number of aryl methyl sites for hydroxylation is 3. The van der Waals surface area contributed by atoms with Crippen molar-refractivity contribution >= 4 is 5.97 Å². The van der Waals surface area contributed by atoms with Gasteiger partial charge in [0.15, 0.2) is 18.1 Å². The molecule has 0 radical (unpaired) electrons. The van der Waals surface area contributed by atoms with Crippen LogP contribution in [0.25, 0.3) is 0 Å². The van der Waals surface area contributed by atoms with E-state index in [1.807, 2.05) is 52.0 Å². The number of methoxy groups -OCH3 is 1. The fourth-order valence-electron chi connectivity index (χ4n) is 2.26. The van der Waals surface area contributed by atoms with Crippen LogP contribution in [0, 0.1) is 27.7 Å². The third-order valence-corrected chi connectivity index (χ3v) is 3.75. The second kappa shape index (κ2) is 7.18. The lowest BCUT2D eigenvalue weighted by Crippen LogP contribution is -2.19. The second-order valence-electron chi connectivity index (χ2n) is 5.57. The predicted octanol–water partition coefficient (Wildman–Crippen LogP) is 3.91. The van der Waals surface area contributed by atoms with E-state index in [1.54, 1.807) is 13.2 Å². The summed E-state index contributed by atoms with van der Waals surface area (Å²) in [6, 6.07) is 9.49. The molecule has 0 amide bonds. The van der Waals surface area contributed by atoms with Crippen molar-refractivity contribution < 1.29 is 19.0 Å². The van der Waals surface area contributed by atoms with Crippen LogP contribution in [-0.2, 0) is 4.79 Å². The van der Waals surface area contributed by atoms with E-state index in [4.69, 9.17) is 14.2 Å². The first-order chi connectivity index (χ1) is 10.9. The van der Waals surface area contributed by atoms with E-state index in [2.05, 4.69) is 0 Å². The Morgan fingerprint density at radius 3 is 2.35 bits per heavy atom. The van der Waals surface area contributed by atoms with Crippen molar-refractivity contribution in [2.75, 3.05) is 13.7 Å². The molecule has 2 aromatic rings. The van der Waals surface area contributed by atoms with Crippen LogP contribution < -0.4 is 14.2 Å². The molecule has 0 fully saturated rings. The topological polar surface area (TPSA) is 44.8 Å². The van der Waals surface area contributed by atoms with Crippen molar-refractivity contribution in [1.82, 2.24) is 0 Å². The van der Waals surface area contributed by atoms with Crippen LogP contribution in [0.1, 0.15) is 22.3 Å². The molecular weight excluding hydrogens is 292 g/mol. The molecule has 0 spiro atoms. The number of esters is 1. The number of hydrogen-bond acceptors (Lipinski definition) is 4. The van der Waals surface area contributed by atoms with E-state index in [1.165, 1.54) is 0 Å². The van der Waals surface area contributed by atoms with Crippen LogP contribution >= 0.6 is 0 Å². The number of carbonyl (C=O) groups is 1. The van der Waals surface area contributed by atoms with E-state index in [9.17, 15) is 4.79 Å². The second-order valence-corrected chi connectivity index (χ2v) is 5.57. The van der Waals surface area contributed by atoms with Gasteiger partial charge in [-0.2, -0.15) is 0 Å². The highest BCUT2D eigenvalue weighted by Crippen LogP contribution is 2.28. The monoisotopic (exact) mass is 314 g/mol. The van der Waals surface area contributed by atoms with Crippen LogP contribution in [0.2, 0.25) is 0 Å². The molecule has 0 N–H and O–H groups in total. The largest absolute Gasteiger partial charge is 0.493 e. The first kappa shape index (κ1) is 16.9. The molecule has 122 valence electrons. The number of hydrogen-bond donors (Lipinski definition) is 0. The minimum atomic E-state index is -0.440. The summed E-state index contributed by atoms with van der Waals surface area (Å²) in [5.41, 5.74) is 4.03. The van der Waals surface area contributed by atoms with Crippen molar-refractivity contribution in [3.8, 4) is 17.2 Å². The van der Waals surface area contributed by atoms with Gasteiger partial charge in [0, 0.05) is 0 Å². The van der Waals surface area contributed by atoms with E-state index >= 15 is 0 Å². The van der Waals surface area contributed by atoms with Crippen molar-refractivity contribution in [2.45, 2.75) is 27.7 Å². The van der Waals surface area contributed by atoms with Gasteiger partial charge in [0.1, 0.15) is 5.75 Å². The Hall–Kier alpha value is -2.49. The zero-order chi connectivity index (χ0) is 17.0. The predicted molar refractivity (Wildman–Crippen MR) is 89.5 cm³/mol. The number of rotatable bonds is 5. The highest BCUT2D eigenvalue weighted by molar-refractivity contribution is 5.75. The molecule has 0 aliphatic carbocycles. The van der Waals surface area contributed by atoms with Gasteiger partial charge in [0.2, 0.25) is 0 Å². The average Bonchev–Trinajstić information content (AvgIpc) is 2.53. The lowest BCUT2D eigenvalue weighted by atomic mass is 10.1. The molecular formula is C19H22O4. The molecule has 4 heteroatoms. The summed E-state index contributed by atoms with van der Waals surface area (Å²) in [5.74, 6) is 1.28. The van der Waals surface area contributed by atoms with Gasteiger partial charge in [0.25, 0.3) is 0 Å². The van der Waals surface area contributed by atoms with Crippen LogP contribution in [0.15, 0.2) is 30.3 Å². The molecule has 4 nitrogen and oxygen atoms in total. The van der Waals surface area contributed by atoms with Crippen molar-refractivity contribution in [2.24, 2.45) is 0 Å². The summed E-state index contributed by atoms with van der Waals surface area (Å²) in [5, 5.41) is 0. The summed E-state index contributed by atoms with van der Waals surface area (Å²) in [6.07, 6.45) is 0. The van der Waals surface area contributed by atoms with Gasteiger partial charge in [-0.25, -0.2) is 4.79 Å². The highest BCUT2D eigenvalue weighted by atomic mass is 16.6. The van der Waals surface area contributed by atoms with Gasteiger partial charge in [-0.15, -0.1) is 0 Å². The lowest BCUT2D eigenvalue weighted by molar-refractivity contribution is -0.136. The van der Waals surface area contributed by atoms with Crippen LogP contribution in [0.3, 0.4) is 0 Å². The van der Waals surface area contributed by atoms with Crippen LogP contribution in [-0.4, -0.2) is 19.7 Å². The van der Waals surface area contributed by atoms with Gasteiger partial charge in [-0.05, 0) is 62.1 Å². The highest BCUT2D eigenvalue weighted by Gasteiger charge is 2.13.